The number of carbonyl (C=O) groups is 1. The van der Waals surface area contributed by atoms with Gasteiger partial charge in [-0.3, -0.25) is 9.89 Å². The van der Waals surface area contributed by atoms with Crippen LogP contribution < -0.4 is 5.32 Å². The maximum absolute atomic E-state index is 14.6. The van der Waals surface area contributed by atoms with Crippen molar-refractivity contribution in [2.45, 2.75) is 19.5 Å². The maximum Gasteiger partial charge on any atom is 0.231 e. The number of aromatic amines is 1. The summed E-state index contributed by atoms with van der Waals surface area (Å²) in [6.45, 7) is 1.64. The number of hydrogen-bond acceptors (Lipinski definition) is 3. The van der Waals surface area contributed by atoms with E-state index in [0.29, 0.717) is 38.9 Å². The van der Waals surface area contributed by atoms with Crippen LogP contribution in [0.5, 0.6) is 0 Å². The molecule has 1 aromatic carbocycles. The van der Waals surface area contributed by atoms with Crippen LogP contribution in [0.15, 0.2) is 30.6 Å². The van der Waals surface area contributed by atoms with Gasteiger partial charge in [0.1, 0.15) is 12.0 Å². The molecule has 2 atom stereocenters. The Labute approximate surface area is 162 Å². The van der Waals surface area contributed by atoms with Gasteiger partial charge in [-0.2, -0.15) is 10.2 Å². The van der Waals surface area contributed by atoms with Crippen molar-refractivity contribution in [1.29, 1.82) is 0 Å². The number of halogens is 3. The second kappa shape index (κ2) is 6.00. The smallest absolute Gasteiger partial charge is 0.231 e. The van der Waals surface area contributed by atoms with Gasteiger partial charge in [0.2, 0.25) is 5.91 Å². The largest absolute Gasteiger partial charge is 0.309 e. The Morgan fingerprint density at radius 3 is 2.96 bits per heavy atom. The van der Waals surface area contributed by atoms with E-state index >= 15 is 0 Å². The van der Waals surface area contributed by atoms with Crippen molar-refractivity contribution in [1.82, 2.24) is 19.8 Å². The SMILES string of the molecule is Cc1c(F)c(Cl)c(-c2ccn3nc(NC(=O)[C@@H]4C[C@@H]4F)cc3c2)c2cn[nH]c12. The van der Waals surface area contributed by atoms with Crippen LogP contribution in [-0.4, -0.2) is 31.9 Å². The van der Waals surface area contributed by atoms with E-state index in [0.717, 1.165) is 0 Å². The molecule has 142 valence electrons. The van der Waals surface area contributed by atoms with E-state index in [1.165, 1.54) is 0 Å². The molecule has 9 heteroatoms. The number of aryl methyl sites for hydroxylation is 1. The first-order valence-electron chi connectivity index (χ1n) is 8.69. The fourth-order valence-electron chi connectivity index (χ4n) is 3.41. The van der Waals surface area contributed by atoms with Crippen molar-refractivity contribution in [3.63, 3.8) is 0 Å². The van der Waals surface area contributed by atoms with Crippen LogP contribution in [0.3, 0.4) is 0 Å². The van der Waals surface area contributed by atoms with Crippen LogP contribution in [0.25, 0.3) is 27.5 Å². The molecule has 0 aliphatic heterocycles. The van der Waals surface area contributed by atoms with Crippen LogP contribution in [0.4, 0.5) is 14.6 Å². The number of pyridine rings is 1. The van der Waals surface area contributed by atoms with Gasteiger partial charge in [0.05, 0.1) is 28.2 Å². The molecule has 28 heavy (non-hydrogen) atoms. The molecule has 0 radical (unpaired) electrons. The number of fused-ring (bicyclic) bond motifs is 2. The Morgan fingerprint density at radius 2 is 2.21 bits per heavy atom. The lowest BCUT2D eigenvalue weighted by Crippen LogP contribution is -2.15. The van der Waals surface area contributed by atoms with Crippen LogP contribution in [-0.2, 0) is 4.79 Å². The van der Waals surface area contributed by atoms with E-state index in [4.69, 9.17) is 11.6 Å². The van der Waals surface area contributed by atoms with Gasteiger partial charge in [-0.1, -0.05) is 11.6 Å². The van der Waals surface area contributed by atoms with E-state index in [9.17, 15) is 13.6 Å². The number of H-pyrrole nitrogens is 1. The summed E-state index contributed by atoms with van der Waals surface area (Å²) in [4.78, 5) is 11.9. The summed E-state index contributed by atoms with van der Waals surface area (Å²) in [6.07, 6.45) is 2.48. The van der Waals surface area contributed by atoms with Crippen LogP contribution >= 0.6 is 11.6 Å². The lowest BCUT2D eigenvalue weighted by molar-refractivity contribution is -0.117. The summed E-state index contributed by atoms with van der Waals surface area (Å²) in [6, 6.07) is 5.22. The number of hydrogen-bond donors (Lipinski definition) is 2. The zero-order chi connectivity index (χ0) is 19.6. The van der Waals surface area contributed by atoms with Crippen LogP contribution in [0, 0.1) is 18.7 Å². The summed E-state index contributed by atoms with van der Waals surface area (Å²) in [5, 5.41) is 14.4. The minimum Gasteiger partial charge on any atom is -0.309 e. The first-order chi connectivity index (χ1) is 13.4. The summed E-state index contributed by atoms with van der Waals surface area (Å²) in [7, 11) is 0. The average molecular weight is 402 g/mol. The van der Waals surface area contributed by atoms with Gasteiger partial charge < -0.3 is 5.32 Å². The van der Waals surface area contributed by atoms with E-state index in [1.807, 2.05) is 0 Å². The molecule has 3 aromatic heterocycles. The number of anilines is 1. The molecule has 6 nitrogen and oxygen atoms in total. The highest BCUT2D eigenvalue weighted by Gasteiger charge is 2.43. The van der Waals surface area contributed by atoms with E-state index in [-0.39, 0.29) is 17.4 Å². The summed E-state index contributed by atoms with van der Waals surface area (Å²) in [5.74, 6) is -1.14. The molecule has 4 aromatic rings. The van der Waals surface area contributed by atoms with Crippen molar-refractivity contribution in [2.75, 3.05) is 5.32 Å². The average Bonchev–Trinajstić information content (AvgIpc) is 3.06. The van der Waals surface area contributed by atoms with Gasteiger partial charge in [0.15, 0.2) is 5.82 Å². The van der Waals surface area contributed by atoms with Gasteiger partial charge in [0, 0.05) is 28.8 Å². The fourth-order valence-corrected chi connectivity index (χ4v) is 3.76. The van der Waals surface area contributed by atoms with E-state index < -0.39 is 17.9 Å². The molecule has 3 heterocycles. The first-order valence-corrected chi connectivity index (χ1v) is 9.07. The summed E-state index contributed by atoms with van der Waals surface area (Å²) >= 11 is 6.32. The lowest BCUT2D eigenvalue weighted by Gasteiger charge is -2.10. The Hall–Kier alpha value is -3.00. The van der Waals surface area contributed by atoms with Crippen LogP contribution in [0.1, 0.15) is 12.0 Å². The van der Waals surface area contributed by atoms with Crippen molar-refractivity contribution < 1.29 is 13.6 Å². The highest BCUT2D eigenvalue weighted by atomic mass is 35.5. The Balaban J connectivity index is 1.58. The summed E-state index contributed by atoms with van der Waals surface area (Å²) in [5.41, 5.74) is 2.88. The molecule has 1 aliphatic rings. The topological polar surface area (TPSA) is 75.1 Å². The van der Waals surface area contributed by atoms with Gasteiger partial charge >= 0.3 is 0 Å². The Morgan fingerprint density at radius 1 is 1.43 bits per heavy atom. The molecule has 0 unspecified atom stereocenters. The number of aromatic nitrogens is 4. The number of benzene rings is 1. The monoisotopic (exact) mass is 401 g/mol. The summed E-state index contributed by atoms with van der Waals surface area (Å²) < 4.78 is 29.2. The van der Waals surface area contributed by atoms with Gasteiger partial charge in [0.25, 0.3) is 0 Å². The molecule has 1 saturated carbocycles. The second-order valence-electron chi connectivity index (χ2n) is 6.95. The van der Waals surface area contributed by atoms with E-state index in [1.54, 1.807) is 42.0 Å². The third kappa shape index (κ3) is 2.56. The fraction of sp³-hybridized carbons (Fsp3) is 0.211. The second-order valence-corrected chi connectivity index (χ2v) is 7.33. The van der Waals surface area contributed by atoms with Gasteiger partial charge in [-0.05, 0) is 31.0 Å². The molecule has 0 spiro atoms. The third-order valence-electron chi connectivity index (χ3n) is 5.08. The minimum atomic E-state index is -1.07. The molecular formula is C19H14ClF2N5O. The number of nitrogens with one attached hydrogen (secondary N) is 2. The molecule has 2 N–H and O–H groups in total. The standard InChI is InChI=1S/C19H14ClF2N5O/c1-8-17(22)16(20)15(12-7-23-25-18(8)12)9-2-3-27-10(4-9)5-14(26-27)24-19(28)11-6-13(11)21/h2-5,7,11,13H,6H2,1H3,(H,23,25)(H,24,26,28)/t11-,13+/m1/s1. The highest BCUT2D eigenvalue weighted by molar-refractivity contribution is 6.35. The molecule has 5 rings (SSSR count). The third-order valence-corrected chi connectivity index (χ3v) is 5.43. The molecule has 0 saturated heterocycles. The van der Waals surface area contributed by atoms with Crippen molar-refractivity contribution in [2.24, 2.45) is 5.92 Å². The normalized spacial score (nSPS) is 18.7. The highest BCUT2D eigenvalue weighted by Crippen LogP contribution is 2.39. The Kier molecular flexibility index (Phi) is 3.67. The zero-order valence-electron chi connectivity index (χ0n) is 14.6. The van der Waals surface area contributed by atoms with Gasteiger partial charge in [-0.15, -0.1) is 0 Å². The first kappa shape index (κ1) is 17.1. The number of rotatable bonds is 3. The molecule has 1 aliphatic carbocycles. The zero-order valence-corrected chi connectivity index (χ0v) is 15.4. The Bertz CT molecular complexity index is 1260. The number of amides is 1. The lowest BCUT2D eigenvalue weighted by atomic mass is 9.99. The molecule has 1 fully saturated rings. The predicted molar refractivity (Wildman–Crippen MR) is 102 cm³/mol. The van der Waals surface area contributed by atoms with Gasteiger partial charge in [-0.25, -0.2) is 13.3 Å². The molecule has 0 bridgehead atoms. The number of nitrogens with zero attached hydrogens (tertiary/aromatic N) is 3. The van der Waals surface area contributed by atoms with Crippen molar-refractivity contribution in [3.8, 4) is 11.1 Å². The maximum atomic E-state index is 14.6. The van der Waals surface area contributed by atoms with E-state index in [2.05, 4.69) is 20.6 Å². The molecular weight excluding hydrogens is 388 g/mol. The number of alkyl halides is 1. The van der Waals surface area contributed by atoms with Crippen molar-refractivity contribution >= 4 is 39.7 Å². The molecule has 1 amide bonds. The predicted octanol–water partition coefficient (Wildman–Crippen LogP) is 4.28. The van der Waals surface area contributed by atoms with Crippen LogP contribution in [0.2, 0.25) is 5.02 Å². The quantitative estimate of drug-likeness (QED) is 0.538. The van der Waals surface area contributed by atoms with Crippen molar-refractivity contribution in [3.05, 3.63) is 47.0 Å². The number of carbonyl (C=O) groups excluding carboxylic acids is 1. The minimum absolute atomic E-state index is 0.0199.